The van der Waals surface area contributed by atoms with Crippen LogP contribution in [0.3, 0.4) is 0 Å². The van der Waals surface area contributed by atoms with Gasteiger partial charge in [0.1, 0.15) is 0 Å². The normalized spacial score (nSPS) is 11.3. The predicted molar refractivity (Wildman–Crippen MR) is 224 cm³/mol. The van der Waals surface area contributed by atoms with E-state index in [2.05, 4.69) is 225 Å². The Morgan fingerprint density at radius 1 is 0.365 bits per heavy atom. The van der Waals surface area contributed by atoms with E-state index in [0.29, 0.717) is 0 Å². The molecule has 0 atom stereocenters. The molecule has 0 aliphatic heterocycles. The summed E-state index contributed by atoms with van der Waals surface area (Å²) in [5, 5.41) is 0. The van der Waals surface area contributed by atoms with Gasteiger partial charge in [0.15, 0.2) is 0 Å². The number of benzene rings is 7. The summed E-state index contributed by atoms with van der Waals surface area (Å²) in [5.41, 5.74) is 14.8. The van der Waals surface area contributed by atoms with Crippen LogP contribution in [-0.2, 0) is 0 Å². The van der Waals surface area contributed by atoms with E-state index in [1.54, 1.807) is 0 Å². The second kappa shape index (κ2) is 16.3. The Kier molecular flexibility index (Phi) is 10.6. The van der Waals surface area contributed by atoms with Crippen LogP contribution in [-0.4, -0.2) is 0 Å². The van der Waals surface area contributed by atoms with E-state index in [1.165, 1.54) is 33.4 Å². The lowest BCUT2D eigenvalue weighted by Crippen LogP contribution is -2.09. The van der Waals surface area contributed by atoms with Crippen molar-refractivity contribution in [2.45, 2.75) is 6.92 Å². The number of anilines is 3. The van der Waals surface area contributed by atoms with Gasteiger partial charge in [-0.15, -0.1) is 0 Å². The third-order valence-electron chi connectivity index (χ3n) is 9.24. The first-order valence-electron chi connectivity index (χ1n) is 17.7. The minimum Gasteiger partial charge on any atom is -0.311 e. The first-order chi connectivity index (χ1) is 25.7. The van der Waals surface area contributed by atoms with Crippen molar-refractivity contribution >= 4 is 39.4 Å². The first-order valence-corrected chi connectivity index (χ1v) is 17.7. The largest absolute Gasteiger partial charge is 0.311 e. The summed E-state index contributed by atoms with van der Waals surface area (Å²) < 4.78 is 0. The summed E-state index contributed by atoms with van der Waals surface area (Å²) in [5.74, 6) is 0. The Morgan fingerprint density at radius 3 is 1.10 bits per heavy atom. The molecule has 0 amide bonds. The summed E-state index contributed by atoms with van der Waals surface area (Å²) in [6.07, 6.45) is 6.44. The molecule has 0 aliphatic rings. The number of rotatable bonds is 11. The average molecular weight is 668 g/mol. The average Bonchev–Trinajstić information content (AvgIpc) is 3.22. The van der Waals surface area contributed by atoms with E-state index in [9.17, 15) is 0 Å². The Hall–Kier alpha value is -6.70. The second-order valence-electron chi connectivity index (χ2n) is 12.6. The van der Waals surface area contributed by atoms with E-state index >= 15 is 0 Å². The van der Waals surface area contributed by atoms with Gasteiger partial charge in [-0.25, -0.2) is 0 Å². The van der Waals surface area contributed by atoms with Gasteiger partial charge in [0.25, 0.3) is 0 Å². The van der Waals surface area contributed by atoms with Crippen LogP contribution in [0.5, 0.6) is 0 Å². The van der Waals surface area contributed by atoms with Gasteiger partial charge in [0.05, 0.1) is 0 Å². The molecule has 0 saturated carbocycles. The Labute approximate surface area is 308 Å². The lowest BCUT2D eigenvalue weighted by Gasteiger charge is -2.25. The highest BCUT2D eigenvalue weighted by Crippen LogP contribution is 2.38. The first kappa shape index (κ1) is 33.8. The van der Waals surface area contributed by atoms with Gasteiger partial charge in [-0.2, -0.15) is 0 Å². The third-order valence-corrected chi connectivity index (χ3v) is 9.24. The highest BCUT2D eigenvalue weighted by Gasteiger charge is 2.16. The molecule has 7 aromatic rings. The molecule has 1 nitrogen and oxygen atoms in total. The van der Waals surface area contributed by atoms with Crippen molar-refractivity contribution in [1.29, 1.82) is 0 Å². The van der Waals surface area contributed by atoms with E-state index in [0.717, 1.165) is 39.3 Å². The molecule has 0 bridgehead atoms. The zero-order chi connectivity index (χ0) is 35.5. The number of allylic oxidation sites excluding steroid dienone is 5. The van der Waals surface area contributed by atoms with Gasteiger partial charge in [-0.1, -0.05) is 189 Å². The maximum absolute atomic E-state index is 4.43. The van der Waals surface area contributed by atoms with Gasteiger partial charge in [0.2, 0.25) is 0 Å². The molecule has 52 heavy (non-hydrogen) atoms. The third kappa shape index (κ3) is 7.70. The lowest BCUT2D eigenvalue weighted by molar-refractivity contribution is 1.28. The van der Waals surface area contributed by atoms with Gasteiger partial charge in [-0.05, 0) is 99.0 Å². The van der Waals surface area contributed by atoms with Crippen LogP contribution < -0.4 is 4.90 Å². The SMILES string of the molecule is C=C(/C=C\C(=C/C)c1ccc(C(=C(c2ccccc2)c2ccccc2)c2ccccc2)cc1)c1ccc(N(c2ccccc2)c2ccccc2)cc1. The smallest absolute Gasteiger partial charge is 0.0462 e. The summed E-state index contributed by atoms with van der Waals surface area (Å²) in [6.45, 7) is 6.52. The van der Waals surface area contributed by atoms with Gasteiger partial charge in [0, 0.05) is 17.1 Å². The number of nitrogens with zero attached hydrogens (tertiary/aromatic N) is 1. The molecule has 0 spiro atoms. The van der Waals surface area contributed by atoms with Crippen molar-refractivity contribution in [1.82, 2.24) is 0 Å². The fraction of sp³-hybridized carbons (Fsp3) is 0.0196. The standard InChI is InChI=1S/C51H41N/c1-3-40(30-29-39(2)41-35-37-49(38-36-41)52(47-25-15-7-16-26-47)48-27-17-8-18-28-48)42-31-33-46(34-32-42)51(45-23-13-6-14-24-45)50(43-19-9-4-10-20-43)44-21-11-5-12-22-44/h3-38H,2H2,1H3/b30-29-,40-3+. The molecular weight excluding hydrogens is 627 g/mol. The maximum Gasteiger partial charge on any atom is 0.0462 e. The van der Waals surface area contributed by atoms with Gasteiger partial charge < -0.3 is 4.90 Å². The van der Waals surface area contributed by atoms with E-state index in [-0.39, 0.29) is 0 Å². The van der Waals surface area contributed by atoms with Crippen molar-refractivity contribution in [3.8, 4) is 0 Å². The number of hydrogen-bond acceptors (Lipinski definition) is 1. The fourth-order valence-electron chi connectivity index (χ4n) is 6.63. The van der Waals surface area contributed by atoms with Crippen LogP contribution >= 0.6 is 0 Å². The Balaban J connectivity index is 1.16. The molecule has 0 unspecified atom stereocenters. The highest BCUT2D eigenvalue weighted by atomic mass is 15.1. The Morgan fingerprint density at radius 2 is 0.692 bits per heavy atom. The van der Waals surface area contributed by atoms with Crippen molar-refractivity contribution in [2.24, 2.45) is 0 Å². The van der Waals surface area contributed by atoms with Crippen molar-refractivity contribution in [2.75, 3.05) is 4.90 Å². The molecule has 0 aliphatic carbocycles. The van der Waals surface area contributed by atoms with Crippen molar-refractivity contribution in [3.05, 3.63) is 258 Å². The van der Waals surface area contributed by atoms with E-state index < -0.39 is 0 Å². The molecule has 0 saturated heterocycles. The van der Waals surface area contributed by atoms with Crippen LogP contribution in [0.25, 0.3) is 22.3 Å². The lowest BCUT2D eigenvalue weighted by atomic mass is 9.85. The molecule has 250 valence electrons. The van der Waals surface area contributed by atoms with Crippen LogP contribution in [0.4, 0.5) is 17.1 Å². The zero-order valence-electron chi connectivity index (χ0n) is 29.4. The second-order valence-corrected chi connectivity index (χ2v) is 12.6. The molecule has 0 N–H and O–H groups in total. The predicted octanol–water partition coefficient (Wildman–Crippen LogP) is 13.8. The molecule has 0 aromatic heterocycles. The van der Waals surface area contributed by atoms with Crippen LogP contribution in [0, 0.1) is 0 Å². The van der Waals surface area contributed by atoms with E-state index in [4.69, 9.17) is 0 Å². The summed E-state index contributed by atoms with van der Waals surface area (Å²) in [6, 6.07) is 70.6. The summed E-state index contributed by atoms with van der Waals surface area (Å²) in [7, 11) is 0. The van der Waals surface area contributed by atoms with Crippen LogP contribution in [0.15, 0.2) is 225 Å². The van der Waals surface area contributed by atoms with Gasteiger partial charge >= 0.3 is 0 Å². The minimum absolute atomic E-state index is 0.957. The monoisotopic (exact) mass is 667 g/mol. The number of para-hydroxylation sites is 2. The summed E-state index contributed by atoms with van der Waals surface area (Å²) in [4.78, 5) is 2.27. The van der Waals surface area contributed by atoms with E-state index in [1.807, 2.05) is 12.1 Å². The molecule has 7 aromatic carbocycles. The fourth-order valence-corrected chi connectivity index (χ4v) is 6.63. The highest BCUT2D eigenvalue weighted by molar-refractivity contribution is 6.04. The van der Waals surface area contributed by atoms with Gasteiger partial charge in [-0.3, -0.25) is 0 Å². The number of hydrogen-bond donors (Lipinski definition) is 0. The van der Waals surface area contributed by atoms with Crippen molar-refractivity contribution in [3.63, 3.8) is 0 Å². The van der Waals surface area contributed by atoms with Crippen LogP contribution in [0.2, 0.25) is 0 Å². The maximum atomic E-state index is 4.43. The molecule has 0 radical (unpaired) electrons. The molecule has 0 fully saturated rings. The quantitative estimate of drug-likeness (QED) is 0.0980. The summed E-state index contributed by atoms with van der Waals surface area (Å²) >= 11 is 0. The van der Waals surface area contributed by atoms with Crippen molar-refractivity contribution < 1.29 is 0 Å². The molecule has 1 heteroatoms. The van der Waals surface area contributed by atoms with Crippen LogP contribution in [0.1, 0.15) is 40.3 Å². The zero-order valence-corrected chi connectivity index (χ0v) is 29.4. The molecule has 7 rings (SSSR count). The minimum atomic E-state index is 0.957. The molecular formula is C51H41N. The molecule has 0 heterocycles. The Bertz CT molecular complexity index is 2220. The topological polar surface area (TPSA) is 3.24 Å².